The van der Waals surface area contributed by atoms with Crippen molar-refractivity contribution in [3.63, 3.8) is 0 Å². The van der Waals surface area contributed by atoms with Gasteiger partial charge >= 0.3 is 5.97 Å². The van der Waals surface area contributed by atoms with E-state index in [1.54, 1.807) is 12.1 Å². The van der Waals surface area contributed by atoms with Crippen LogP contribution in [0.1, 0.15) is 16.8 Å². The molecule has 0 saturated heterocycles. The second-order valence-electron chi connectivity index (χ2n) is 3.51. The maximum atomic E-state index is 11.9. The molecule has 0 aromatic heterocycles. The van der Waals surface area contributed by atoms with E-state index in [9.17, 15) is 9.59 Å². The minimum Gasteiger partial charge on any atom is -0.480 e. The summed E-state index contributed by atoms with van der Waals surface area (Å²) in [6.45, 7) is 3.45. The van der Waals surface area contributed by atoms with Crippen LogP contribution in [-0.2, 0) is 4.79 Å². The Balaban J connectivity index is 2.89. The zero-order valence-corrected chi connectivity index (χ0v) is 11.7. The van der Waals surface area contributed by atoms with Crippen molar-refractivity contribution in [2.75, 3.05) is 0 Å². The first-order valence-electron chi connectivity index (χ1n) is 5.05. The van der Waals surface area contributed by atoms with Gasteiger partial charge in [-0.2, -0.15) is 0 Å². The molecule has 0 fully saturated rings. The summed E-state index contributed by atoms with van der Waals surface area (Å²) in [5.74, 6) is -1.61. The summed E-state index contributed by atoms with van der Waals surface area (Å²) in [6.07, 6.45) is 1.59. The number of hydrogen-bond acceptors (Lipinski definition) is 2. The van der Waals surface area contributed by atoms with Gasteiger partial charge in [0.05, 0.1) is 5.56 Å². The van der Waals surface area contributed by atoms with Crippen LogP contribution in [0.3, 0.4) is 0 Å². The van der Waals surface area contributed by atoms with Gasteiger partial charge in [-0.05, 0) is 40.5 Å². The first-order chi connectivity index (χ1) is 8.45. The zero-order valence-electron chi connectivity index (χ0n) is 9.32. The predicted molar refractivity (Wildman–Crippen MR) is 72.9 cm³/mol. The zero-order chi connectivity index (χ0) is 13.7. The number of hydrogen-bond donors (Lipinski definition) is 2. The lowest BCUT2D eigenvalue weighted by Crippen LogP contribution is -2.40. The van der Waals surface area contributed by atoms with Crippen LogP contribution in [0.25, 0.3) is 0 Å². The molecule has 6 heteroatoms. The molecule has 1 atom stereocenters. The maximum Gasteiger partial charge on any atom is 0.326 e. The highest BCUT2D eigenvalue weighted by Crippen LogP contribution is 2.21. The van der Waals surface area contributed by atoms with E-state index in [1.165, 1.54) is 12.1 Å². The van der Waals surface area contributed by atoms with Gasteiger partial charge in [0.2, 0.25) is 0 Å². The van der Waals surface area contributed by atoms with Gasteiger partial charge in [0.15, 0.2) is 0 Å². The number of carboxylic acids is 1. The molecule has 1 aromatic rings. The summed E-state index contributed by atoms with van der Waals surface area (Å²) in [4.78, 5) is 22.8. The molecule has 4 nitrogen and oxygen atoms in total. The van der Waals surface area contributed by atoms with Crippen LogP contribution in [-0.4, -0.2) is 23.0 Å². The first kappa shape index (κ1) is 14.7. The Bertz CT molecular complexity index is 490. The number of benzene rings is 1. The molecule has 1 amide bonds. The number of carboxylic acid groups (broad SMARTS) is 1. The van der Waals surface area contributed by atoms with Gasteiger partial charge in [0.1, 0.15) is 6.04 Å². The van der Waals surface area contributed by atoms with Gasteiger partial charge in [0.25, 0.3) is 5.91 Å². The molecule has 0 spiro atoms. The molecule has 0 bridgehead atoms. The van der Waals surface area contributed by atoms with Crippen molar-refractivity contribution in [2.45, 2.75) is 12.5 Å². The molecule has 18 heavy (non-hydrogen) atoms. The average molecular weight is 333 g/mol. The molecule has 0 aliphatic rings. The molecular weight excluding hydrogens is 321 g/mol. The average Bonchev–Trinajstić information content (AvgIpc) is 2.31. The van der Waals surface area contributed by atoms with Crippen molar-refractivity contribution in [3.8, 4) is 0 Å². The molecule has 0 saturated carbocycles. The second kappa shape index (κ2) is 6.56. The molecule has 2 N–H and O–H groups in total. The Kier molecular flexibility index (Phi) is 5.37. The van der Waals surface area contributed by atoms with Crippen molar-refractivity contribution in [3.05, 3.63) is 45.9 Å². The number of nitrogens with one attached hydrogen (secondary N) is 1. The molecule has 1 rings (SSSR count). The van der Waals surface area contributed by atoms with Crippen LogP contribution in [0.2, 0.25) is 5.02 Å². The van der Waals surface area contributed by atoms with Crippen molar-refractivity contribution in [1.29, 1.82) is 0 Å². The maximum absolute atomic E-state index is 11.9. The Hall–Kier alpha value is -1.33. The largest absolute Gasteiger partial charge is 0.480 e. The number of carbonyl (C=O) groups is 2. The summed E-state index contributed by atoms with van der Waals surface area (Å²) >= 11 is 9.00. The number of carbonyl (C=O) groups excluding carboxylic acids is 1. The fourth-order valence-electron chi connectivity index (χ4n) is 1.30. The molecule has 0 radical (unpaired) electrons. The summed E-state index contributed by atoms with van der Waals surface area (Å²) in [6, 6.07) is 3.72. The smallest absolute Gasteiger partial charge is 0.326 e. The van der Waals surface area contributed by atoms with Gasteiger partial charge in [-0.25, -0.2) is 4.79 Å². The van der Waals surface area contributed by atoms with E-state index in [0.29, 0.717) is 9.50 Å². The van der Waals surface area contributed by atoms with Crippen molar-refractivity contribution < 1.29 is 14.7 Å². The standard InChI is InChI=1S/C12H11BrClNO3/c1-2-3-10(12(17)18)15-11(16)8-6-7(14)4-5-9(8)13/h2,4-6,10H,1,3H2,(H,15,16)(H,17,18). The van der Waals surface area contributed by atoms with Crippen LogP contribution >= 0.6 is 27.5 Å². The molecule has 0 aliphatic carbocycles. The fourth-order valence-corrected chi connectivity index (χ4v) is 1.89. The SMILES string of the molecule is C=CCC(NC(=O)c1cc(Cl)ccc1Br)C(=O)O. The van der Waals surface area contributed by atoms with Crippen LogP contribution in [0.15, 0.2) is 35.3 Å². The molecular formula is C12H11BrClNO3. The van der Waals surface area contributed by atoms with Gasteiger partial charge in [0, 0.05) is 9.50 Å². The number of rotatable bonds is 5. The van der Waals surface area contributed by atoms with E-state index in [4.69, 9.17) is 16.7 Å². The van der Waals surface area contributed by atoms with Crippen LogP contribution in [0.4, 0.5) is 0 Å². The summed E-state index contributed by atoms with van der Waals surface area (Å²) in [5.41, 5.74) is 0.290. The molecule has 1 unspecified atom stereocenters. The van der Waals surface area contributed by atoms with E-state index < -0.39 is 17.9 Å². The van der Waals surface area contributed by atoms with Crippen LogP contribution in [0, 0.1) is 0 Å². The first-order valence-corrected chi connectivity index (χ1v) is 6.22. The normalized spacial score (nSPS) is 11.7. The third-order valence-corrected chi connectivity index (χ3v) is 3.11. The van der Waals surface area contributed by atoms with Gasteiger partial charge < -0.3 is 10.4 Å². The number of halogens is 2. The summed E-state index contributed by atoms with van der Waals surface area (Å²) in [7, 11) is 0. The van der Waals surface area contributed by atoms with E-state index in [-0.39, 0.29) is 12.0 Å². The van der Waals surface area contributed by atoms with E-state index in [2.05, 4.69) is 27.8 Å². The molecule has 1 aromatic carbocycles. The molecule has 0 heterocycles. The Labute approximate surface area is 118 Å². The third kappa shape index (κ3) is 3.85. The van der Waals surface area contributed by atoms with Crippen molar-refractivity contribution >= 4 is 39.4 Å². The van der Waals surface area contributed by atoms with E-state index in [1.807, 2.05) is 0 Å². The molecule has 96 valence electrons. The van der Waals surface area contributed by atoms with Gasteiger partial charge in [-0.15, -0.1) is 6.58 Å². The Morgan fingerprint density at radius 1 is 1.56 bits per heavy atom. The van der Waals surface area contributed by atoms with Gasteiger partial charge in [-0.1, -0.05) is 17.7 Å². The minimum atomic E-state index is -1.11. The highest BCUT2D eigenvalue weighted by Gasteiger charge is 2.20. The Morgan fingerprint density at radius 3 is 2.78 bits per heavy atom. The highest BCUT2D eigenvalue weighted by atomic mass is 79.9. The molecule has 0 aliphatic heterocycles. The van der Waals surface area contributed by atoms with Crippen LogP contribution < -0.4 is 5.32 Å². The van der Waals surface area contributed by atoms with Gasteiger partial charge in [-0.3, -0.25) is 4.79 Å². The van der Waals surface area contributed by atoms with E-state index in [0.717, 1.165) is 0 Å². The predicted octanol–water partition coefficient (Wildman–Crippen LogP) is 2.86. The monoisotopic (exact) mass is 331 g/mol. The summed E-state index contributed by atoms with van der Waals surface area (Å²) in [5, 5.41) is 11.7. The quantitative estimate of drug-likeness (QED) is 0.815. The Morgan fingerprint density at radius 2 is 2.22 bits per heavy atom. The third-order valence-electron chi connectivity index (χ3n) is 2.18. The minimum absolute atomic E-state index is 0.152. The highest BCUT2D eigenvalue weighted by molar-refractivity contribution is 9.10. The fraction of sp³-hybridized carbons (Fsp3) is 0.167. The van der Waals surface area contributed by atoms with E-state index >= 15 is 0 Å². The lowest BCUT2D eigenvalue weighted by Gasteiger charge is -2.13. The van der Waals surface area contributed by atoms with Crippen molar-refractivity contribution in [1.82, 2.24) is 5.32 Å². The summed E-state index contributed by atoms with van der Waals surface area (Å²) < 4.78 is 0.548. The number of aliphatic carboxylic acids is 1. The van der Waals surface area contributed by atoms with Crippen LogP contribution in [0.5, 0.6) is 0 Å². The lowest BCUT2D eigenvalue weighted by atomic mass is 10.1. The van der Waals surface area contributed by atoms with Crippen molar-refractivity contribution in [2.24, 2.45) is 0 Å². The topological polar surface area (TPSA) is 66.4 Å². The number of amides is 1. The lowest BCUT2D eigenvalue weighted by molar-refractivity contribution is -0.139. The second-order valence-corrected chi connectivity index (χ2v) is 4.80.